The van der Waals surface area contributed by atoms with E-state index in [9.17, 15) is 8.42 Å². The molecule has 0 aromatic carbocycles. The van der Waals surface area contributed by atoms with Gasteiger partial charge in [0.2, 0.25) is 0 Å². The molecule has 0 bridgehead atoms. The quantitative estimate of drug-likeness (QED) is 0.611. The maximum atomic E-state index is 11.5. The molecule has 2 atom stereocenters. The van der Waals surface area contributed by atoms with E-state index in [1.54, 1.807) is 11.3 Å². The molecule has 1 aromatic rings. The molecule has 1 fully saturated rings. The van der Waals surface area contributed by atoms with Crippen LogP contribution in [0.25, 0.3) is 0 Å². The fourth-order valence-corrected chi connectivity index (χ4v) is 5.15. The van der Waals surface area contributed by atoms with Gasteiger partial charge < -0.3 is 10.6 Å². The van der Waals surface area contributed by atoms with Crippen molar-refractivity contribution in [3.63, 3.8) is 0 Å². The molecule has 2 unspecified atom stereocenters. The van der Waals surface area contributed by atoms with Crippen molar-refractivity contribution in [3.8, 4) is 0 Å². The molecule has 1 aliphatic rings. The fraction of sp³-hybridized carbons (Fsp3) is 0.667. The van der Waals surface area contributed by atoms with Crippen LogP contribution in [0.1, 0.15) is 31.7 Å². The summed E-state index contributed by atoms with van der Waals surface area (Å²) in [6.45, 7) is 6.37. The monoisotopic (exact) mass is 343 g/mol. The second-order valence-corrected chi connectivity index (χ2v) is 8.84. The van der Waals surface area contributed by atoms with Gasteiger partial charge in [0, 0.05) is 25.6 Å². The lowest BCUT2D eigenvalue weighted by Gasteiger charge is -2.15. The third-order valence-electron chi connectivity index (χ3n) is 3.86. The molecule has 1 aromatic heterocycles. The molecule has 2 heterocycles. The number of hydrogen-bond acceptors (Lipinski definition) is 4. The molecule has 1 saturated heterocycles. The van der Waals surface area contributed by atoms with Crippen LogP contribution in [0.4, 0.5) is 0 Å². The topological polar surface area (TPSA) is 70.6 Å². The number of thiophene rings is 1. The summed E-state index contributed by atoms with van der Waals surface area (Å²) in [6, 6.07) is 2.13. The zero-order valence-corrected chi connectivity index (χ0v) is 14.8. The zero-order chi connectivity index (χ0) is 16.0. The summed E-state index contributed by atoms with van der Waals surface area (Å²) in [5, 5.41) is 10.7. The standard InChI is InChI=1S/C15H25N3O2S2/c1-3-16-15(17-8-12(2)14-4-6-21-10-14)18-9-13-5-7-22(19,20)11-13/h4,6,10,12-13H,3,5,7-9,11H2,1-2H3,(H2,16,17,18). The molecule has 0 saturated carbocycles. The zero-order valence-electron chi connectivity index (χ0n) is 13.2. The highest BCUT2D eigenvalue weighted by Gasteiger charge is 2.27. The summed E-state index contributed by atoms with van der Waals surface area (Å²) >= 11 is 1.70. The minimum atomic E-state index is -2.81. The van der Waals surface area contributed by atoms with Gasteiger partial charge in [0.05, 0.1) is 11.5 Å². The van der Waals surface area contributed by atoms with Crippen molar-refractivity contribution in [1.82, 2.24) is 10.6 Å². The van der Waals surface area contributed by atoms with Gasteiger partial charge in [-0.15, -0.1) is 0 Å². The van der Waals surface area contributed by atoms with Crippen molar-refractivity contribution in [1.29, 1.82) is 0 Å². The van der Waals surface area contributed by atoms with Crippen LogP contribution in [0.3, 0.4) is 0 Å². The first kappa shape index (κ1) is 17.3. The summed E-state index contributed by atoms with van der Waals surface area (Å²) < 4.78 is 23.0. The highest BCUT2D eigenvalue weighted by Crippen LogP contribution is 2.19. The van der Waals surface area contributed by atoms with E-state index in [2.05, 4.69) is 39.4 Å². The Kier molecular flexibility index (Phi) is 6.26. The maximum Gasteiger partial charge on any atom is 0.191 e. The van der Waals surface area contributed by atoms with Crippen LogP contribution in [0.5, 0.6) is 0 Å². The lowest BCUT2D eigenvalue weighted by molar-refractivity contribution is 0.567. The third-order valence-corrected chi connectivity index (χ3v) is 6.40. The number of rotatable bonds is 6. The summed E-state index contributed by atoms with van der Waals surface area (Å²) in [7, 11) is -2.81. The van der Waals surface area contributed by atoms with E-state index < -0.39 is 9.84 Å². The fourth-order valence-electron chi connectivity index (χ4n) is 2.50. The van der Waals surface area contributed by atoms with Crippen LogP contribution in [0.15, 0.2) is 21.8 Å². The van der Waals surface area contributed by atoms with E-state index in [1.807, 2.05) is 6.92 Å². The van der Waals surface area contributed by atoms with Gasteiger partial charge in [0.1, 0.15) is 0 Å². The Bertz CT molecular complexity index is 582. The van der Waals surface area contributed by atoms with Gasteiger partial charge in [0.25, 0.3) is 0 Å². The van der Waals surface area contributed by atoms with Gasteiger partial charge in [0.15, 0.2) is 15.8 Å². The van der Waals surface area contributed by atoms with Crippen LogP contribution in [0, 0.1) is 5.92 Å². The molecule has 5 nitrogen and oxygen atoms in total. The Labute approximate surface area is 137 Å². The first-order valence-electron chi connectivity index (χ1n) is 7.75. The predicted molar refractivity (Wildman–Crippen MR) is 93.5 cm³/mol. The van der Waals surface area contributed by atoms with Crippen molar-refractivity contribution in [2.75, 3.05) is 31.1 Å². The predicted octanol–water partition coefficient (Wildman–Crippen LogP) is 1.84. The minimum Gasteiger partial charge on any atom is -0.357 e. The normalized spacial score (nSPS) is 22.5. The highest BCUT2D eigenvalue weighted by atomic mass is 32.2. The molecule has 0 aliphatic carbocycles. The summed E-state index contributed by atoms with van der Waals surface area (Å²) in [6.07, 6.45) is 0.750. The highest BCUT2D eigenvalue weighted by molar-refractivity contribution is 7.91. The van der Waals surface area contributed by atoms with Gasteiger partial charge in [-0.25, -0.2) is 8.42 Å². The molecule has 1 aliphatic heterocycles. The second-order valence-electron chi connectivity index (χ2n) is 5.83. The van der Waals surface area contributed by atoms with E-state index in [-0.39, 0.29) is 5.92 Å². The first-order valence-corrected chi connectivity index (χ1v) is 10.5. The molecular weight excluding hydrogens is 318 g/mol. The van der Waals surface area contributed by atoms with E-state index in [0.717, 1.165) is 25.5 Å². The lowest BCUT2D eigenvalue weighted by atomic mass is 10.1. The van der Waals surface area contributed by atoms with Crippen molar-refractivity contribution in [2.45, 2.75) is 26.2 Å². The average molecular weight is 344 g/mol. The van der Waals surface area contributed by atoms with Crippen LogP contribution >= 0.6 is 11.3 Å². The van der Waals surface area contributed by atoms with Crippen LogP contribution < -0.4 is 10.6 Å². The van der Waals surface area contributed by atoms with Gasteiger partial charge in [-0.2, -0.15) is 11.3 Å². The molecule has 2 N–H and O–H groups in total. The van der Waals surface area contributed by atoms with Crippen LogP contribution in [-0.4, -0.2) is 45.5 Å². The molecule has 7 heteroatoms. The van der Waals surface area contributed by atoms with Crippen molar-refractivity contribution < 1.29 is 8.42 Å². The number of nitrogens with one attached hydrogen (secondary N) is 2. The molecular formula is C15H25N3O2S2. The molecule has 0 radical (unpaired) electrons. The van der Waals surface area contributed by atoms with Crippen molar-refractivity contribution in [3.05, 3.63) is 22.4 Å². The number of nitrogens with zero attached hydrogens (tertiary/aromatic N) is 1. The number of sulfone groups is 1. The Morgan fingerprint density at radius 2 is 2.32 bits per heavy atom. The lowest BCUT2D eigenvalue weighted by Crippen LogP contribution is -2.40. The van der Waals surface area contributed by atoms with Crippen molar-refractivity contribution in [2.24, 2.45) is 10.9 Å². The van der Waals surface area contributed by atoms with E-state index in [4.69, 9.17) is 0 Å². The smallest absolute Gasteiger partial charge is 0.191 e. The molecule has 0 spiro atoms. The summed E-state index contributed by atoms with van der Waals surface area (Å²) in [4.78, 5) is 4.62. The average Bonchev–Trinajstić information content (AvgIpc) is 3.11. The van der Waals surface area contributed by atoms with Gasteiger partial charge in [-0.1, -0.05) is 6.92 Å². The molecule has 0 amide bonds. The first-order chi connectivity index (χ1) is 10.5. The third kappa shape index (κ3) is 5.28. The molecule has 124 valence electrons. The maximum absolute atomic E-state index is 11.5. The van der Waals surface area contributed by atoms with Gasteiger partial charge in [-0.3, -0.25) is 4.99 Å². The Hall–Kier alpha value is -1.08. The van der Waals surface area contributed by atoms with E-state index in [0.29, 0.717) is 24.0 Å². The molecule has 22 heavy (non-hydrogen) atoms. The van der Waals surface area contributed by atoms with E-state index in [1.165, 1.54) is 5.56 Å². The number of guanidine groups is 1. The SMILES string of the molecule is CCNC(=NCC(C)c1ccsc1)NCC1CCS(=O)(=O)C1. The van der Waals surface area contributed by atoms with Crippen LogP contribution in [0.2, 0.25) is 0 Å². The largest absolute Gasteiger partial charge is 0.357 e. The Balaban J connectivity index is 1.85. The number of aliphatic imine (C=N–C) groups is 1. The van der Waals surface area contributed by atoms with Gasteiger partial charge >= 0.3 is 0 Å². The number of hydrogen-bond donors (Lipinski definition) is 2. The Morgan fingerprint density at radius 3 is 2.91 bits per heavy atom. The van der Waals surface area contributed by atoms with Crippen molar-refractivity contribution >= 4 is 27.1 Å². The minimum absolute atomic E-state index is 0.197. The van der Waals surface area contributed by atoms with Crippen LogP contribution in [-0.2, 0) is 9.84 Å². The molecule has 2 rings (SSSR count). The summed E-state index contributed by atoms with van der Waals surface area (Å²) in [5.74, 6) is 1.97. The second kappa shape index (κ2) is 7.97. The Morgan fingerprint density at radius 1 is 1.50 bits per heavy atom. The van der Waals surface area contributed by atoms with E-state index >= 15 is 0 Å². The van der Waals surface area contributed by atoms with Gasteiger partial charge in [-0.05, 0) is 41.7 Å². The summed E-state index contributed by atoms with van der Waals surface area (Å²) in [5.41, 5.74) is 1.31.